The van der Waals surface area contributed by atoms with E-state index in [0.717, 1.165) is 127 Å². The van der Waals surface area contributed by atoms with Gasteiger partial charge in [-0.2, -0.15) is 0 Å². The number of imidazole rings is 1. The van der Waals surface area contributed by atoms with Crippen LogP contribution in [0.15, 0.2) is 371 Å². The monoisotopic (exact) mass is 1390 g/mol. The quantitative estimate of drug-likeness (QED) is 0.135. The van der Waals surface area contributed by atoms with Crippen molar-refractivity contribution < 1.29 is 0 Å². The summed E-state index contributed by atoms with van der Waals surface area (Å²) in [5.41, 5.74) is 15.6. The van der Waals surface area contributed by atoms with Gasteiger partial charge in [-0.25, -0.2) is 49.8 Å². The third kappa shape index (κ3) is 11.6. The standard InChI is InChI=1S/C40H25N5.C31H19N3.C27H17N3/c1-2-11-30(12-3-1)45-36-17-9-8-16-35(36)44-40(45)28-20-18-26(19-21-28)29-24-41-39(42-25-29)38-33-23-22-27-10-4-5-13-31(27)37(33)32-14-6-7-15-34(32)43-38;1-3-11-23-20(8-1)10-7-14-24(23)22-18-32-31(33-19-22)30-27-17-16-21-9-2-4-12-25(21)29(27)26-13-5-6-15-28(26)34-30;1-2-8-18(9-3-1)20-16-28-27(29-17-20)26-23-15-14-19-10-4-5-11-21(19)25(23)22-12-6-7-13-24(22)30-26/h1-25H;1-19H;1-17H. The first-order valence-corrected chi connectivity index (χ1v) is 36.3. The maximum Gasteiger partial charge on any atom is 0.178 e. The van der Waals surface area contributed by atoms with Crippen molar-refractivity contribution in [2.45, 2.75) is 0 Å². The van der Waals surface area contributed by atoms with E-state index in [-0.39, 0.29) is 0 Å². The average molecular weight is 1390 g/mol. The summed E-state index contributed by atoms with van der Waals surface area (Å²) < 4.78 is 2.21. The molecule has 11 nitrogen and oxygen atoms in total. The van der Waals surface area contributed by atoms with Gasteiger partial charge in [0.15, 0.2) is 17.5 Å². The second-order valence-electron chi connectivity index (χ2n) is 27.0. The van der Waals surface area contributed by atoms with Crippen LogP contribution in [-0.4, -0.2) is 54.4 Å². The summed E-state index contributed by atoms with van der Waals surface area (Å²) in [6.07, 6.45) is 11.4. The fourth-order valence-corrected chi connectivity index (χ4v) is 15.4. The van der Waals surface area contributed by atoms with Crippen molar-refractivity contribution >= 4 is 119 Å². The molecule has 0 amide bonds. The number of rotatable bonds is 8. The van der Waals surface area contributed by atoms with Crippen molar-refractivity contribution in [3.8, 4) is 85.0 Å². The third-order valence-corrected chi connectivity index (χ3v) is 20.6. The van der Waals surface area contributed by atoms with E-state index in [1.165, 1.54) is 59.2 Å². The Labute approximate surface area is 625 Å². The first-order valence-electron chi connectivity index (χ1n) is 36.3. The number of benzene rings is 15. The van der Waals surface area contributed by atoms with Gasteiger partial charge >= 0.3 is 0 Å². The Morgan fingerprint density at radius 1 is 0.193 bits per heavy atom. The van der Waals surface area contributed by atoms with Crippen molar-refractivity contribution in [3.63, 3.8) is 0 Å². The Hall–Kier alpha value is -14.9. The second kappa shape index (κ2) is 27.3. The van der Waals surface area contributed by atoms with Crippen LogP contribution >= 0.6 is 0 Å². The maximum atomic E-state index is 5.04. The summed E-state index contributed by atoms with van der Waals surface area (Å²) in [5, 5.41) is 19.8. The van der Waals surface area contributed by atoms with Crippen molar-refractivity contribution in [2.24, 2.45) is 0 Å². The molecule has 7 heterocycles. The van der Waals surface area contributed by atoms with Crippen LogP contribution in [0.2, 0.25) is 0 Å². The lowest BCUT2D eigenvalue weighted by Crippen LogP contribution is -1.97. The highest BCUT2D eigenvalue weighted by Gasteiger charge is 2.21. The SMILES string of the molecule is c1ccc(-c2cnc(-c3nc4ccccc4c4c3ccc3ccccc34)nc2)cc1.c1ccc(-n2c(-c3ccc(-c4cnc(-c5nc6ccccc6c6c5ccc5ccccc56)nc4)cc3)nc3ccccc32)cc1.c1ccc2c(-c3cnc(-c4nc5ccccc5c5c4ccc4ccccc45)nc3)cccc2c1. The second-order valence-corrected chi connectivity index (χ2v) is 27.0. The lowest BCUT2D eigenvalue weighted by atomic mass is 9.97. The number of nitrogens with zero attached hydrogens (tertiary/aromatic N) is 11. The van der Waals surface area contributed by atoms with Crippen LogP contribution in [0.5, 0.6) is 0 Å². The van der Waals surface area contributed by atoms with Gasteiger partial charge in [0.05, 0.1) is 27.6 Å². The van der Waals surface area contributed by atoms with E-state index in [1.807, 2.05) is 85.7 Å². The van der Waals surface area contributed by atoms with Gasteiger partial charge in [-0.05, 0) is 102 Å². The molecule has 0 bridgehead atoms. The zero-order valence-corrected chi connectivity index (χ0v) is 58.6. The van der Waals surface area contributed by atoms with E-state index < -0.39 is 0 Å². The molecule has 0 aliphatic rings. The van der Waals surface area contributed by atoms with E-state index >= 15 is 0 Å². The zero-order valence-electron chi connectivity index (χ0n) is 58.6. The molecule has 11 heteroatoms. The maximum absolute atomic E-state index is 5.04. The number of aromatic nitrogens is 11. The zero-order chi connectivity index (χ0) is 72.1. The molecule has 0 radical (unpaired) electrons. The minimum Gasteiger partial charge on any atom is -0.292 e. The molecule has 0 aliphatic carbocycles. The number of fused-ring (bicyclic) bond motifs is 17. The van der Waals surface area contributed by atoms with Gasteiger partial charge in [-0.3, -0.25) is 4.57 Å². The molecule has 0 N–H and O–H groups in total. The number of hydrogen-bond donors (Lipinski definition) is 0. The molecule has 0 saturated heterocycles. The first-order chi connectivity index (χ1) is 54.1. The van der Waals surface area contributed by atoms with E-state index in [9.17, 15) is 0 Å². The minimum atomic E-state index is 0.609. The molecule has 22 rings (SSSR count). The average Bonchev–Trinajstić information content (AvgIpc) is 1.54. The van der Waals surface area contributed by atoms with Crippen LogP contribution in [0, 0.1) is 0 Å². The van der Waals surface area contributed by atoms with Gasteiger partial charge in [0.1, 0.15) is 22.9 Å². The molecule has 0 saturated carbocycles. The molecule has 0 fully saturated rings. The molecule has 7 aromatic heterocycles. The Bertz CT molecular complexity index is 7210. The Morgan fingerprint density at radius 3 is 0.972 bits per heavy atom. The van der Waals surface area contributed by atoms with Gasteiger partial charge < -0.3 is 0 Å². The van der Waals surface area contributed by atoms with Gasteiger partial charge in [0.25, 0.3) is 0 Å². The van der Waals surface area contributed by atoms with Gasteiger partial charge in [0.2, 0.25) is 0 Å². The Kier molecular flexibility index (Phi) is 15.9. The van der Waals surface area contributed by atoms with E-state index in [1.54, 1.807) is 0 Å². The van der Waals surface area contributed by atoms with Crippen LogP contribution < -0.4 is 0 Å². The molecule has 0 atom stereocenters. The van der Waals surface area contributed by atoms with Crippen LogP contribution in [0.1, 0.15) is 0 Å². The van der Waals surface area contributed by atoms with Crippen LogP contribution in [0.3, 0.4) is 0 Å². The molecule has 109 heavy (non-hydrogen) atoms. The van der Waals surface area contributed by atoms with Crippen molar-refractivity contribution in [2.75, 3.05) is 0 Å². The normalized spacial score (nSPS) is 11.5. The molecule has 0 aliphatic heterocycles. The van der Waals surface area contributed by atoms with Gasteiger partial charge in [0, 0.05) is 114 Å². The molecule has 0 spiro atoms. The molecular formula is C98H61N11. The molecule has 508 valence electrons. The highest BCUT2D eigenvalue weighted by atomic mass is 15.1. The summed E-state index contributed by atoms with van der Waals surface area (Å²) in [6, 6.07) is 115. The minimum absolute atomic E-state index is 0.609. The molecule has 15 aromatic carbocycles. The highest BCUT2D eigenvalue weighted by molar-refractivity contribution is 6.24. The summed E-state index contributed by atoms with van der Waals surface area (Å²) in [4.78, 5) is 48.7. The summed E-state index contributed by atoms with van der Waals surface area (Å²) in [5.74, 6) is 2.79. The molecule has 22 aromatic rings. The lowest BCUT2D eigenvalue weighted by Gasteiger charge is -2.12. The van der Waals surface area contributed by atoms with E-state index in [2.05, 4.69) is 300 Å². The largest absolute Gasteiger partial charge is 0.292 e. The Morgan fingerprint density at radius 2 is 0.523 bits per heavy atom. The smallest absolute Gasteiger partial charge is 0.178 e. The number of hydrogen-bond acceptors (Lipinski definition) is 10. The van der Waals surface area contributed by atoms with Crippen molar-refractivity contribution in [1.82, 2.24) is 54.4 Å². The predicted molar refractivity (Wildman–Crippen MR) is 447 cm³/mol. The summed E-state index contributed by atoms with van der Waals surface area (Å²) in [7, 11) is 0. The Balaban J connectivity index is 0.000000110. The molecule has 0 unspecified atom stereocenters. The lowest BCUT2D eigenvalue weighted by molar-refractivity contribution is 1.10. The number of pyridine rings is 3. The first kappa shape index (κ1) is 63.7. The van der Waals surface area contributed by atoms with Gasteiger partial charge in [-0.15, -0.1) is 0 Å². The fourth-order valence-electron chi connectivity index (χ4n) is 15.4. The summed E-state index contributed by atoms with van der Waals surface area (Å²) >= 11 is 0. The van der Waals surface area contributed by atoms with Crippen LogP contribution in [0.25, 0.3) is 204 Å². The fraction of sp³-hybridized carbons (Fsp3) is 0. The van der Waals surface area contributed by atoms with Gasteiger partial charge in [-0.1, -0.05) is 291 Å². The van der Waals surface area contributed by atoms with E-state index in [0.29, 0.717) is 17.5 Å². The van der Waals surface area contributed by atoms with Crippen molar-refractivity contribution in [1.29, 1.82) is 0 Å². The number of para-hydroxylation sites is 6. The predicted octanol–water partition coefficient (Wildman–Crippen LogP) is 24.2. The molecular weight excluding hydrogens is 1330 g/mol. The van der Waals surface area contributed by atoms with E-state index in [4.69, 9.17) is 39.9 Å². The highest BCUT2D eigenvalue weighted by Crippen LogP contribution is 2.41. The van der Waals surface area contributed by atoms with Crippen LogP contribution in [0.4, 0.5) is 0 Å². The van der Waals surface area contributed by atoms with Crippen molar-refractivity contribution in [3.05, 3.63) is 371 Å². The summed E-state index contributed by atoms with van der Waals surface area (Å²) in [6.45, 7) is 0. The van der Waals surface area contributed by atoms with Crippen LogP contribution in [-0.2, 0) is 0 Å². The topological polar surface area (TPSA) is 134 Å². The third-order valence-electron chi connectivity index (χ3n) is 20.6.